The summed E-state index contributed by atoms with van der Waals surface area (Å²) in [7, 11) is 1.71. The quantitative estimate of drug-likeness (QED) is 0.878. The van der Waals surface area contributed by atoms with Gasteiger partial charge in [0, 0.05) is 25.2 Å². The first-order valence-corrected chi connectivity index (χ1v) is 8.00. The van der Waals surface area contributed by atoms with Gasteiger partial charge in [0.15, 0.2) is 0 Å². The maximum atomic E-state index is 10.1. The van der Waals surface area contributed by atoms with Gasteiger partial charge < -0.3 is 15.2 Å². The molecule has 1 fully saturated rings. The van der Waals surface area contributed by atoms with Crippen molar-refractivity contribution in [2.24, 2.45) is 0 Å². The van der Waals surface area contributed by atoms with Crippen molar-refractivity contribution in [3.05, 3.63) is 29.3 Å². The minimum absolute atomic E-state index is 0.0919. The number of methoxy groups -OCH3 is 1. The molecule has 21 heavy (non-hydrogen) atoms. The lowest BCUT2D eigenvalue weighted by molar-refractivity contribution is 0.0222. The number of hydrogen-bond acceptors (Lipinski definition) is 4. The third kappa shape index (κ3) is 2.93. The van der Waals surface area contributed by atoms with Crippen LogP contribution in [0.3, 0.4) is 0 Å². The zero-order valence-electron chi connectivity index (χ0n) is 12.9. The molecular weight excluding hydrogens is 264 g/mol. The molecule has 1 aromatic carbocycles. The molecule has 0 radical (unpaired) electrons. The fraction of sp³-hybridized carbons (Fsp3) is 0.647. The average Bonchev–Trinajstić information content (AvgIpc) is 2.83. The van der Waals surface area contributed by atoms with Crippen LogP contribution >= 0.6 is 0 Å². The van der Waals surface area contributed by atoms with Gasteiger partial charge in [-0.15, -0.1) is 0 Å². The summed E-state index contributed by atoms with van der Waals surface area (Å²) in [5.41, 5.74) is 2.66. The van der Waals surface area contributed by atoms with E-state index in [0.29, 0.717) is 0 Å². The number of aliphatic hydroxyl groups is 1. The van der Waals surface area contributed by atoms with Crippen LogP contribution in [0.15, 0.2) is 18.2 Å². The highest BCUT2D eigenvalue weighted by Gasteiger charge is 2.39. The summed E-state index contributed by atoms with van der Waals surface area (Å²) >= 11 is 0. The normalized spacial score (nSPS) is 27.0. The Labute approximate surface area is 127 Å². The first-order chi connectivity index (χ1) is 10.3. The van der Waals surface area contributed by atoms with Gasteiger partial charge in [0.25, 0.3) is 0 Å². The number of rotatable bonds is 3. The van der Waals surface area contributed by atoms with Gasteiger partial charge in [-0.2, -0.15) is 0 Å². The van der Waals surface area contributed by atoms with Crippen molar-refractivity contribution in [2.45, 2.75) is 31.2 Å². The number of aliphatic hydroxyl groups excluding tert-OH is 1. The molecule has 0 spiro atoms. The van der Waals surface area contributed by atoms with E-state index in [2.05, 4.69) is 22.3 Å². The third-order valence-electron chi connectivity index (χ3n) is 5.10. The zero-order valence-corrected chi connectivity index (χ0v) is 12.9. The molecule has 1 atom stereocenters. The smallest absolute Gasteiger partial charge is 0.119 e. The maximum Gasteiger partial charge on any atom is 0.119 e. The number of benzene rings is 1. The summed E-state index contributed by atoms with van der Waals surface area (Å²) in [5, 5.41) is 13.6. The number of hydrogen-bond donors (Lipinski definition) is 2. The predicted octanol–water partition coefficient (Wildman–Crippen LogP) is 1.21. The van der Waals surface area contributed by atoms with Gasteiger partial charge in [0.2, 0.25) is 0 Å². The molecule has 0 amide bonds. The minimum Gasteiger partial charge on any atom is -0.497 e. The summed E-state index contributed by atoms with van der Waals surface area (Å²) in [6.07, 6.45) is 4.18. The molecule has 1 heterocycles. The topological polar surface area (TPSA) is 44.7 Å². The molecule has 116 valence electrons. The van der Waals surface area contributed by atoms with E-state index >= 15 is 0 Å². The van der Waals surface area contributed by atoms with Crippen molar-refractivity contribution in [1.29, 1.82) is 0 Å². The van der Waals surface area contributed by atoms with Crippen LogP contribution in [-0.2, 0) is 12.8 Å². The van der Waals surface area contributed by atoms with Crippen LogP contribution in [-0.4, -0.2) is 55.4 Å². The van der Waals surface area contributed by atoms with Crippen molar-refractivity contribution in [3.8, 4) is 5.75 Å². The fourth-order valence-electron chi connectivity index (χ4n) is 3.77. The second-order valence-electron chi connectivity index (χ2n) is 6.28. The minimum atomic E-state index is -0.0919. The van der Waals surface area contributed by atoms with Crippen LogP contribution in [0.25, 0.3) is 0 Å². The van der Waals surface area contributed by atoms with E-state index in [4.69, 9.17) is 4.74 Å². The third-order valence-corrected chi connectivity index (χ3v) is 5.10. The molecule has 4 heteroatoms. The van der Waals surface area contributed by atoms with Crippen LogP contribution in [0.4, 0.5) is 0 Å². The van der Waals surface area contributed by atoms with Gasteiger partial charge in [-0.3, -0.25) is 4.90 Å². The molecule has 0 bridgehead atoms. The van der Waals surface area contributed by atoms with Crippen LogP contribution < -0.4 is 10.1 Å². The Kier molecular flexibility index (Phi) is 4.48. The second kappa shape index (κ2) is 6.34. The largest absolute Gasteiger partial charge is 0.497 e. The van der Waals surface area contributed by atoms with E-state index in [1.807, 2.05) is 6.07 Å². The van der Waals surface area contributed by atoms with Gasteiger partial charge in [0.1, 0.15) is 5.75 Å². The molecule has 1 aliphatic heterocycles. The molecular formula is C17H26N2O2. The van der Waals surface area contributed by atoms with Gasteiger partial charge in [0.05, 0.1) is 13.7 Å². The molecule has 1 unspecified atom stereocenters. The number of nitrogens with one attached hydrogen (secondary N) is 1. The van der Waals surface area contributed by atoms with Gasteiger partial charge >= 0.3 is 0 Å². The summed E-state index contributed by atoms with van der Waals surface area (Å²) in [6, 6.07) is 6.37. The molecule has 4 nitrogen and oxygen atoms in total. The molecule has 1 aliphatic carbocycles. The fourth-order valence-corrected chi connectivity index (χ4v) is 3.77. The van der Waals surface area contributed by atoms with E-state index in [-0.39, 0.29) is 12.1 Å². The lowest BCUT2D eigenvalue weighted by Crippen LogP contribution is -2.56. The standard InChI is InChI=1S/C17H26N2O2/c1-21-16-4-3-14-5-6-17(13-20,12-15(14)11-16)19-9-2-7-18-8-10-19/h3-4,11,18,20H,2,5-10,12-13H2,1H3. The zero-order chi connectivity index (χ0) is 14.7. The van der Waals surface area contributed by atoms with E-state index in [1.165, 1.54) is 11.1 Å². The Morgan fingerprint density at radius 3 is 3.00 bits per heavy atom. The second-order valence-corrected chi connectivity index (χ2v) is 6.28. The Morgan fingerprint density at radius 1 is 1.29 bits per heavy atom. The Morgan fingerprint density at radius 2 is 2.19 bits per heavy atom. The van der Waals surface area contributed by atoms with Crippen molar-refractivity contribution in [1.82, 2.24) is 10.2 Å². The van der Waals surface area contributed by atoms with Crippen LogP contribution in [0, 0.1) is 0 Å². The molecule has 3 rings (SSSR count). The Bertz CT molecular complexity index is 484. The number of fused-ring (bicyclic) bond motifs is 1. The molecule has 1 aromatic rings. The monoisotopic (exact) mass is 290 g/mol. The summed E-state index contributed by atoms with van der Waals surface area (Å²) in [4.78, 5) is 2.51. The Balaban J connectivity index is 1.86. The number of ether oxygens (including phenoxy) is 1. The molecule has 2 N–H and O–H groups in total. The van der Waals surface area contributed by atoms with Crippen molar-refractivity contribution >= 4 is 0 Å². The molecule has 0 saturated carbocycles. The van der Waals surface area contributed by atoms with Crippen LogP contribution in [0.5, 0.6) is 5.75 Å². The lowest BCUT2D eigenvalue weighted by Gasteiger charge is -2.45. The first kappa shape index (κ1) is 14.8. The van der Waals surface area contributed by atoms with Gasteiger partial charge in [-0.05, 0) is 55.5 Å². The highest BCUT2D eigenvalue weighted by atomic mass is 16.5. The SMILES string of the molecule is COc1ccc2c(c1)CC(CO)(N1CCCNCC1)CC2. The lowest BCUT2D eigenvalue weighted by atomic mass is 9.77. The number of nitrogens with zero attached hydrogens (tertiary/aromatic N) is 1. The molecule has 2 aliphatic rings. The van der Waals surface area contributed by atoms with Crippen LogP contribution in [0.1, 0.15) is 24.0 Å². The van der Waals surface area contributed by atoms with Crippen molar-refractivity contribution < 1.29 is 9.84 Å². The summed E-state index contributed by atoms with van der Waals surface area (Å²) in [5.74, 6) is 0.917. The van der Waals surface area contributed by atoms with Crippen molar-refractivity contribution in [3.63, 3.8) is 0 Å². The molecule has 1 saturated heterocycles. The predicted molar refractivity (Wildman–Crippen MR) is 83.9 cm³/mol. The van der Waals surface area contributed by atoms with Crippen molar-refractivity contribution in [2.75, 3.05) is 39.9 Å². The van der Waals surface area contributed by atoms with E-state index in [9.17, 15) is 5.11 Å². The maximum absolute atomic E-state index is 10.1. The highest BCUT2D eigenvalue weighted by Crippen LogP contribution is 2.35. The van der Waals surface area contributed by atoms with Crippen LogP contribution in [0.2, 0.25) is 0 Å². The number of aryl methyl sites for hydroxylation is 1. The van der Waals surface area contributed by atoms with Gasteiger partial charge in [-0.1, -0.05) is 6.07 Å². The summed E-state index contributed by atoms with van der Waals surface area (Å²) < 4.78 is 5.36. The van der Waals surface area contributed by atoms with E-state index in [0.717, 1.165) is 57.6 Å². The first-order valence-electron chi connectivity index (χ1n) is 8.00. The summed E-state index contributed by atoms with van der Waals surface area (Å²) in [6.45, 7) is 4.45. The Hall–Kier alpha value is -1.10. The molecule has 0 aromatic heterocycles. The van der Waals surface area contributed by atoms with E-state index < -0.39 is 0 Å². The highest BCUT2D eigenvalue weighted by molar-refractivity contribution is 5.39. The van der Waals surface area contributed by atoms with Gasteiger partial charge in [-0.25, -0.2) is 0 Å². The van der Waals surface area contributed by atoms with E-state index in [1.54, 1.807) is 7.11 Å². The average molecular weight is 290 g/mol.